The van der Waals surface area contributed by atoms with Crippen molar-refractivity contribution in [2.45, 2.75) is 63.5 Å². The normalized spacial score (nSPS) is 23.6. The van der Waals surface area contributed by atoms with Crippen molar-refractivity contribution in [1.82, 2.24) is 0 Å². The fraction of sp³-hybridized carbons (Fsp3) is 0.647. The van der Waals surface area contributed by atoms with Gasteiger partial charge in [0.15, 0.2) is 0 Å². The van der Waals surface area contributed by atoms with E-state index < -0.39 is 6.61 Å². The van der Waals surface area contributed by atoms with E-state index >= 15 is 0 Å². The zero-order valence-electron chi connectivity index (χ0n) is 12.3. The molecule has 2 fully saturated rings. The average Bonchev–Trinajstić information content (AvgIpc) is 2.64. The molecular formula is C17H23F2NO. The van der Waals surface area contributed by atoms with Crippen LogP contribution in [0.25, 0.3) is 0 Å². The van der Waals surface area contributed by atoms with Gasteiger partial charge >= 0.3 is 6.61 Å². The van der Waals surface area contributed by atoms with Crippen LogP contribution in [0.3, 0.4) is 0 Å². The maximum atomic E-state index is 12.2. The Bertz CT molecular complexity index is 470. The largest absolute Gasteiger partial charge is 0.435 e. The van der Waals surface area contributed by atoms with E-state index in [2.05, 4.69) is 4.74 Å². The van der Waals surface area contributed by atoms with Crippen LogP contribution < -0.4 is 10.5 Å². The summed E-state index contributed by atoms with van der Waals surface area (Å²) < 4.78 is 28.7. The molecule has 3 rings (SSSR count). The molecule has 2 nitrogen and oxygen atoms in total. The molecular weight excluding hydrogens is 272 g/mol. The zero-order valence-corrected chi connectivity index (χ0v) is 12.3. The molecule has 0 saturated heterocycles. The predicted molar refractivity (Wildman–Crippen MR) is 78.3 cm³/mol. The molecule has 2 saturated carbocycles. The van der Waals surface area contributed by atoms with Crippen molar-refractivity contribution in [2.75, 3.05) is 0 Å². The number of rotatable bonds is 3. The van der Waals surface area contributed by atoms with Gasteiger partial charge in [-0.15, -0.1) is 0 Å². The van der Waals surface area contributed by atoms with E-state index in [4.69, 9.17) is 5.73 Å². The topological polar surface area (TPSA) is 35.2 Å². The minimum atomic E-state index is -2.78. The van der Waals surface area contributed by atoms with Gasteiger partial charge in [-0.2, -0.15) is 8.78 Å². The lowest BCUT2D eigenvalue weighted by atomic mass is 9.53. The number of halogens is 2. The fourth-order valence-electron chi connectivity index (χ4n) is 4.29. The van der Waals surface area contributed by atoms with Gasteiger partial charge in [-0.25, -0.2) is 0 Å². The molecule has 1 spiro atoms. The van der Waals surface area contributed by atoms with Gasteiger partial charge in [0.2, 0.25) is 0 Å². The summed E-state index contributed by atoms with van der Waals surface area (Å²) in [6.07, 6.45) is 9.95. The van der Waals surface area contributed by atoms with Gasteiger partial charge in [0.25, 0.3) is 0 Å². The lowest BCUT2D eigenvalue weighted by molar-refractivity contribution is -0.0499. The highest BCUT2D eigenvalue weighted by Gasteiger charge is 2.52. The Labute approximate surface area is 124 Å². The van der Waals surface area contributed by atoms with Crippen LogP contribution in [-0.4, -0.2) is 6.61 Å². The van der Waals surface area contributed by atoms with Gasteiger partial charge in [-0.05, 0) is 48.8 Å². The van der Waals surface area contributed by atoms with Crippen LogP contribution in [0.15, 0.2) is 24.3 Å². The van der Waals surface area contributed by atoms with Crippen LogP contribution in [-0.2, 0) is 5.54 Å². The molecule has 1 aromatic rings. The first-order valence-corrected chi connectivity index (χ1v) is 7.86. The van der Waals surface area contributed by atoms with Gasteiger partial charge in [0.1, 0.15) is 5.75 Å². The van der Waals surface area contributed by atoms with Crippen LogP contribution >= 0.6 is 0 Å². The number of alkyl halides is 2. The van der Waals surface area contributed by atoms with Crippen molar-refractivity contribution in [3.8, 4) is 5.75 Å². The van der Waals surface area contributed by atoms with E-state index in [1.165, 1.54) is 38.5 Å². The Balaban J connectivity index is 1.67. The number of hydrogen-bond donors (Lipinski definition) is 1. The van der Waals surface area contributed by atoms with Crippen LogP contribution in [0.5, 0.6) is 5.75 Å². The monoisotopic (exact) mass is 295 g/mol. The molecule has 4 heteroatoms. The highest BCUT2D eigenvalue weighted by molar-refractivity contribution is 5.34. The minimum Gasteiger partial charge on any atom is -0.435 e. The molecule has 0 aliphatic heterocycles. The summed E-state index contributed by atoms with van der Waals surface area (Å²) in [5.74, 6) is 0.195. The molecule has 2 aliphatic rings. The highest BCUT2D eigenvalue weighted by atomic mass is 19.3. The van der Waals surface area contributed by atoms with Crippen LogP contribution in [0.1, 0.15) is 56.9 Å². The Morgan fingerprint density at radius 1 is 0.952 bits per heavy atom. The lowest BCUT2D eigenvalue weighted by Crippen LogP contribution is -2.55. The summed E-state index contributed by atoms with van der Waals surface area (Å²) in [7, 11) is 0. The van der Waals surface area contributed by atoms with Gasteiger partial charge in [-0.3, -0.25) is 0 Å². The van der Waals surface area contributed by atoms with Gasteiger partial charge in [0, 0.05) is 5.54 Å². The SMILES string of the molecule is NC1(c2ccc(OC(F)F)cc2)CC2(CCCCCC2)C1. The van der Waals surface area contributed by atoms with Gasteiger partial charge in [0.05, 0.1) is 0 Å². The Morgan fingerprint density at radius 2 is 1.52 bits per heavy atom. The van der Waals surface area contributed by atoms with Crippen molar-refractivity contribution < 1.29 is 13.5 Å². The number of benzene rings is 1. The third-order valence-electron chi connectivity index (χ3n) is 5.20. The van der Waals surface area contributed by atoms with Crippen molar-refractivity contribution in [3.63, 3.8) is 0 Å². The maximum Gasteiger partial charge on any atom is 0.387 e. The number of hydrogen-bond acceptors (Lipinski definition) is 2. The maximum absolute atomic E-state index is 12.2. The van der Waals surface area contributed by atoms with Crippen molar-refractivity contribution >= 4 is 0 Å². The fourth-order valence-corrected chi connectivity index (χ4v) is 4.29. The molecule has 0 heterocycles. The van der Waals surface area contributed by atoms with E-state index in [1.54, 1.807) is 12.1 Å². The molecule has 0 unspecified atom stereocenters. The summed E-state index contributed by atoms with van der Waals surface area (Å²) in [5.41, 5.74) is 7.73. The summed E-state index contributed by atoms with van der Waals surface area (Å²) in [6, 6.07) is 6.85. The Kier molecular flexibility index (Phi) is 3.91. The molecule has 0 aromatic heterocycles. The van der Waals surface area contributed by atoms with E-state index in [1.807, 2.05) is 12.1 Å². The summed E-state index contributed by atoms with van der Waals surface area (Å²) in [6.45, 7) is -2.78. The smallest absolute Gasteiger partial charge is 0.387 e. The number of nitrogens with two attached hydrogens (primary N) is 1. The van der Waals surface area contributed by atoms with Gasteiger partial charge in [-0.1, -0.05) is 37.8 Å². The third kappa shape index (κ3) is 3.05. The molecule has 116 valence electrons. The zero-order chi connectivity index (χ0) is 14.9. The standard InChI is InChI=1S/C17H23F2NO/c18-15(19)21-14-7-5-13(6-8-14)17(20)11-16(12-17)9-3-1-2-4-10-16/h5-8,15H,1-4,9-12,20H2. The first kappa shape index (κ1) is 14.8. The minimum absolute atomic E-state index is 0.195. The molecule has 0 bridgehead atoms. The van der Waals surface area contributed by atoms with Gasteiger partial charge < -0.3 is 10.5 Å². The average molecular weight is 295 g/mol. The van der Waals surface area contributed by atoms with Crippen molar-refractivity contribution in [1.29, 1.82) is 0 Å². The highest BCUT2D eigenvalue weighted by Crippen LogP contribution is 2.58. The van der Waals surface area contributed by atoms with Crippen LogP contribution in [0.4, 0.5) is 8.78 Å². The second-order valence-electron chi connectivity index (χ2n) is 6.83. The third-order valence-corrected chi connectivity index (χ3v) is 5.20. The molecule has 2 aliphatic carbocycles. The summed E-state index contributed by atoms with van der Waals surface area (Å²) >= 11 is 0. The van der Waals surface area contributed by atoms with Crippen LogP contribution in [0.2, 0.25) is 0 Å². The summed E-state index contributed by atoms with van der Waals surface area (Å²) in [4.78, 5) is 0. The Morgan fingerprint density at radius 3 is 2.05 bits per heavy atom. The van der Waals surface area contributed by atoms with E-state index in [9.17, 15) is 8.78 Å². The lowest BCUT2D eigenvalue weighted by Gasteiger charge is -2.55. The van der Waals surface area contributed by atoms with E-state index in [-0.39, 0.29) is 11.3 Å². The van der Waals surface area contributed by atoms with E-state index in [0.717, 1.165) is 18.4 Å². The molecule has 0 amide bonds. The predicted octanol–water partition coefficient (Wildman–Crippen LogP) is 4.58. The second kappa shape index (κ2) is 5.56. The number of ether oxygens (including phenoxy) is 1. The molecule has 0 radical (unpaired) electrons. The van der Waals surface area contributed by atoms with Crippen molar-refractivity contribution in [2.24, 2.45) is 11.1 Å². The summed E-state index contributed by atoms with van der Waals surface area (Å²) in [5, 5.41) is 0. The second-order valence-corrected chi connectivity index (χ2v) is 6.83. The molecule has 2 N–H and O–H groups in total. The molecule has 0 atom stereocenters. The molecule has 1 aromatic carbocycles. The first-order valence-electron chi connectivity index (χ1n) is 7.86. The van der Waals surface area contributed by atoms with Crippen molar-refractivity contribution in [3.05, 3.63) is 29.8 Å². The molecule has 21 heavy (non-hydrogen) atoms. The quantitative estimate of drug-likeness (QED) is 0.886. The van der Waals surface area contributed by atoms with Crippen LogP contribution in [0, 0.1) is 5.41 Å². The Hall–Kier alpha value is -1.16. The van der Waals surface area contributed by atoms with E-state index in [0.29, 0.717) is 5.41 Å². The first-order chi connectivity index (χ1) is 10.0.